The number of nitriles is 1. The second-order valence-corrected chi connectivity index (χ2v) is 3.77. The molecule has 8 heteroatoms. The first-order valence-electron chi connectivity index (χ1n) is 5.47. The number of benzene rings is 1. The maximum Gasteiger partial charge on any atom is 0.414 e. The van der Waals surface area contributed by atoms with Gasteiger partial charge in [0.05, 0.1) is 11.6 Å². The van der Waals surface area contributed by atoms with Gasteiger partial charge in [-0.15, -0.1) is 0 Å². The predicted octanol–water partition coefficient (Wildman–Crippen LogP) is 1.94. The van der Waals surface area contributed by atoms with Gasteiger partial charge in [-0.2, -0.15) is 18.4 Å². The topological polar surface area (TPSA) is 71.3 Å². The second kappa shape index (κ2) is 6.77. The highest BCUT2D eigenvalue weighted by molar-refractivity contribution is 5.79. The Kier molecular flexibility index (Phi) is 5.34. The molecule has 0 aliphatic carbocycles. The summed E-state index contributed by atoms with van der Waals surface area (Å²) in [6.45, 7) is -0.229. The van der Waals surface area contributed by atoms with Crippen LogP contribution in [0.15, 0.2) is 24.3 Å². The molecule has 0 heterocycles. The van der Waals surface area contributed by atoms with Crippen LogP contribution in [0.25, 0.3) is 0 Å². The summed E-state index contributed by atoms with van der Waals surface area (Å²) in [5, 5.41) is 8.60. The molecular weight excluding hydrogens is 277 g/mol. The van der Waals surface area contributed by atoms with Crippen LogP contribution in [0.2, 0.25) is 0 Å². The fourth-order valence-electron chi connectivity index (χ4n) is 1.14. The van der Waals surface area contributed by atoms with Gasteiger partial charge in [-0.3, -0.25) is 9.63 Å². The lowest BCUT2D eigenvalue weighted by atomic mass is 10.2. The monoisotopic (exact) mass is 288 g/mol. The zero-order valence-corrected chi connectivity index (χ0v) is 10.4. The van der Waals surface area contributed by atoms with Gasteiger partial charge >= 0.3 is 6.18 Å². The van der Waals surface area contributed by atoms with E-state index in [2.05, 4.69) is 4.84 Å². The minimum absolute atomic E-state index is 0.308. The van der Waals surface area contributed by atoms with Crippen molar-refractivity contribution in [3.63, 3.8) is 0 Å². The van der Waals surface area contributed by atoms with E-state index in [-0.39, 0.29) is 0 Å². The van der Waals surface area contributed by atoms with Crippen LogP contribution in [-0.2, 0) is 9.63 Å². The Morgan fingerprint density at radius 1 is 1.40 bits per heavy atom. The number of alkyl halides is 3. The molecule has 20 heavy (non-hydrogen) atoms. The molecule has 0 fully saturated rings. The molecule has 108 valence electrons. The van der Waals surface area contributed by atoms with E-state index < -0.39 is 24.8 Å². The number of carbonyl (C=O) groups is 1. The summed E-state index contributed by atoms with van der Waals surface area (Å²) in [5.41, 5.74) is 2.06. The van der Waals surface area contributed by atoms with E-state index in [0.717, 1.165) is 0 Å². The van der Waals surface area contributed by atoms with Gasteiger partial charge in [-0.1, -0.05) is 0 Å². The van der Waals surface area contributed by atoms with Crippen molar-refractivity contribution in [3.8, 4) is 11.8 Å². The third-order valence-electron chi connectivity index (χ3n) is 2.07. The van der Waals surface area contributed by atoms with Crippen LogP contribution in [0.5, 0.6) is 5.75 Å². The molecule has 0 aliphatic heterocycles. The third-order valence-corrected chi connectivity index (χ3v) is 2.07. The Hall–Kier alpha value is -2.27. The molecule has 1 unspecified atom stereocenters. The number of rotatable bonds is 5. The van der Waals surface area contributed by atoms with Crippen molar-refractivity contribution >= 4 is 5.91 Å². The number of carbonyl (C=O) groups excluding carboxylic acids is 1. The number of hydrogen-bond donors (Lipinski definition) is 1. The molecule has 0 saturated carbocycles. The molecule has 0 aromatic heterocycles. The fraction of sp³-hybridized carbons (Fsp3) is 0.333. The van der Waals surface area contributed by atoms with Gasteiger partial charge in [-0.25, -0.2) is 5.48 Å². The van der Waals surface area contributed by atoms with Crippen LogP contribution in [0.1, 0.15) is 12.5 Å². The minimum atomic E-state index is -4.52. The predicted molar refractivity (Wildman–Crippen MR) is 61.4 cm³/mol. The summed E-state index contributed by atoms with van der Waals surface area (Å²) in [7, 11) is 0. The maximum atomic E-state index is 11.8. The number of nitrogens with one attached hydrogen (secondary N) is 1. The number of amides is 1. The highest BCUT2D eigenvalue weighted by Crippen LogP contribution is 2.15. The summed E-state index contributed by atoms with van der Waals surface area (Å²) in [4.78, 5) is 15.4. The van der Waals surface area contributed by atoms with Gasteiger partial charge in [0.2, 0.25) is 0 Å². The molecule has 1 amide bonds. The Bertz CT molecular complexity index is 494. The third kappa shape index (κ3) is 5.58. The summed E-state index contributed by atoms with van der Waals surface area (Å²) in [6.07, 6.45) is -5.57. The quantitative estimate of drug-likeness (QED) is 0.840. The zero-order chi connectivity index (χ0) is 15.2. The molecular formula is C12H11F3N2O3. The molecule has 1 N–H and O–H groups in total. The van der Waals surface area contributed by atoms with Crippen LogP contribution in [0.3, 0.4) is 0 Å². The lowest BCUT2D eigenvalue weighted by Gasteiger charge is -2.15. The van der Waals surface area contributed by atoms with Gasteiger partial charge in [0.15, 0.2) is 12.7 Å². The lowest BCUT2D eigenvalue weighted by Crippen LogP contribution is -2.38. The van der Waals surface area contributed by atoms with Crippen molar-refractivity contribution in [2.75, 3.05) is 6.61 Å². The Morgan fingerprint density at radius 2 is 2.00 bits per heavy atom. The van der Waals surface area contributed by atoms with Crippen molar-refractivity contribution in [2.24, 2.45) is 0 Å². The van der Waals surface area contributed by atoms with E-state index in [4.69, 9.17) is 10.00 Å². The first kappa shape index (κ1) is 15.8. The minimum Gasteiger partial charge on any atom is -0.481 e. The fourth-order valence-corrected chi connectivity index (χ4v) is 1.14. The standard InChI is InChI=1S/C12H11F3N2O3/c1-8(11(18)17-19-7-12(13,14)15)20-10-4-2-9(6-16)3-5-10/h2-5,8H,7H2,1H3,(H,17,18). The molecule has 0 spiro atoms. The van der Waals surface area contributed by atoms with E-state index in [1.54, 1.807) is 5.48 Å². The number of hydrogen-bond acceptors (Lipinski definition) is 4. The van der Waals surface area contributed by atoms with E-state index in [0.29, 0.717) is 11.3 Å². The molecule has 1 aromatic carbocycles. The molecule has 5 nitrogen and oxygen atoms in total. The van der Waals surface area contributed by atoms with Crippen molar-refractivity contribution in [1.82, 2.24) is 5.48 Å². The van der Waals surface area contributed by atoms with Crippen LogP contribution in [0.4, 0.5) is 13.2 Å². The average molecular weight is 288 g/mol. The molecule has 0 radical (unpaired) electrons. The van der Waals surface area contributed by atoms with E-state index in [9.17, 15) is 18.0 Å². The van der Waals surface area contributed by atoms with Crippen molar-refractivity contribution in [2.45, 2.75) is 19.2 Å². The molecule has 0 aliphatic rings. The van der Waals surface area contributed by atoms with Crippen molar-refractivity contribution in [1.29, 1.82) is 5.26 Å². The highest BCUT2D eigenvalue weighted by Gasteiger charge is 2.28. The molecule has 1 rings (SSSR count). The second-order valence-electron chi connectivity index (χ2n) is 3.77. The number of nitrogens with zero attached hydrogens (tertiary/aromatic N) is 1. The number of halogens is 3. The van der Waals surface area contributed by atoms with Gasteiger partial charge in [0, 0.05) is 0 Å². The molecule has 1 atom stereocenters. The van der Waals surface area contributed by atoms with Gasteiger partial charge in [0.25, 0.3) is 5.91 Å². The normalized spacial score (nSPS) is 12.3. The number of hydroxylamine groups is 1. The summed E-state index contributed by atoms with van der Waals surface area (Å²) >= 11 is 0. The van der Waals surface area contributed by atoms with Gasteiger partial charge in [-0.05, 0) is 31.2 Å². The summed E-state index contributed by atoms with van der Waals surface area (Å²) < 4.78 is 40.6. The number of ether oxygens (including phenoxy) is 1. The first-order valence-corrected chi connectivity index (χ1v) is 5.47. The van der Waals surface area contributed by atoms with Crippen LogP contribution >= 0.6 is 0 Å². The average Bonchev–Trinajstić information content (AvgIpc) is 2.38. The van der Waals surface area contributed by atoms with Gasteiger partial charge in [0.1, 0.15) is 5.75 Å². The van der Waals surface area contributed by atoms with Crippen LogP contribution < -0.4 is 10.2 Å². The van der Waals surface area contributed by atoms with E-state index in [1.165, 1.54) is 31.2 Å². The van der Waals surface area contributed by atoms with Crippen molar-refractivity contribution < 1.29 is 27.5 Å². The van der Waals surface area contributed by atoms with E-state index in [1.807, 2.05) is 6.07 Å². The molecule has 0 bridgehead atoms. The molecule has 1 aromatic rings. The van der Waals surface area contributed by atoms with Crippen molar-refractivity contribution in [3.05, 3.63) is 29.8 Å². The van der Waals surface area contributed by atoms with E-state index >= 15 is 0 Å². The smallest absolute Gasteiger partial charge is 0.414 e. The van der Waals surface area contributed by atoms with Crippen LogP contribution in [-0.4, -0.2) is 24.8 Å². The Balaban J connectivity index is 2.43. The SMILES string of the molecule is CC(Oc1ccc(C#N)cc1)C(=O)NOCC(F)(F)F. The lowest BCUT2D eigenvalue weighted by molar-refractivity contribution is -0.193. The Labute approximate surface area is 112 Å². The Morgan fingerprint density at radius 3 is 2.50 bits per heavy atom. The highest BCUT2D eigenvalue weighted by atomic mass is 19.4. The molecule has 0 saturated heterocycles. The maximum absolute atomic E-state index is 11.8. The summed E-state index contributed by atoms with van der Waals surface area (Å²) in [6, 6.07) is 7.83. The zero-order valence-electron chi connectivity index (χ0n) is 10.4. The summed E-state index contributed by atoms with van der Waals surface area (Å²) in [5.74, 6) is -0.541. The largest absolute Gasteiger partial charge is 0.481 e. The van der Waals surface area contributed by atoms with Gasteiger partial charge < -0.3 is 4.74 Å². The first-order chi connectivity index (χ1) is 9.31. The van der Waals surface area contributed by atoms with Crippen LogP contribution in [0, 0.1) is 11.3 Å².